The summed E-state index contributed by atoms with van der Waals surface area (Å²) in [5.74, 6) is -0.394. The molecule has 0 unspecified atom stereocenters. The van der Waals surface area contributed by atoms with Gasteiger partial charge in [0.25, 0.3) is 15.0 Å². The maximum absolute atomic E-state index is 11.9. The van der Waals surface area contributed by atoms with Gasteiger partial charge in [-0.3, -0.25) is 4.79 Å². The van der Waals surface area contributed by atoms with Crippen LogP contribution in [0.2, 0.25) is 0 Å². The van der Waals surface area contributed by atoms with Crippen molar-refractivity contribution in [3.05, 3.63) is 17.6 Å². The van der Waals surface area contributed by atoms with Crippen molar-refractivity contribution in [2.45, 2.75) is 39.0 Å². The zero-order valence-corrected chi connectivity index (χ0v) is 13.0. The number of carbonyl (C=O) groups excluding carboxylic acids is 1. The van der Waals surface area contributed by atoms with Crippen molar-refractivity contribution in [3.63, 3.8) is 0 Å². The lowest BCUT2D eigenvalue weighted by Gasteiger charge is -2.22. The normalized spacial score (nSPS) is 12.5. The molecule has 0 aliphatic rings. The predicted molar refractivity (Wildman–Crippen MR) is 72.9 cm³/mol. The molecule has 1 rings (SSSR count). The molecule has 0 saturated heterocycles. The fourth-order valence-electron chi connectivity index (χ4n) is 1.35. The van der Waals surface area contributed by atoms with E-state index in [1.54, 1.807) is 0 Å². The number of aryl methyl sites for hydroxylation is 1. The minimum absolute atomic E-state index is 0.0291. The Kier molecular flexibility index (Phi) is 4.68. The number of halogens is 1. The summed E-state index contributed by atoms with van der Waals surface area (Å²) in [5.41, 5.74) is -0.0291. The SMILES string of the molecule is CCC(C)(C)CNC(=O)c1cc(S(=O)(=O)Cl)c(C)o1. The Labute approximate surface area is 117 Å². The molecule has 0 atom stereocenters. The molecule has 5 nitrogen and oxygen atoms in total. The summed E-state index contributed by atoms with van der Waals surface area (Å²) in [6, 6.07) is 1.14. The third-order valence-corrected chi connectivity index (χ3v) is 4.47. The highest BCUT2D eigenvalue weighted by atomic mass is 35.7. The van der Waals surface area contributed by atoms with E-state index in [1.807, 2.05) is 20.8 Å². The molecule has 1 N–H and O–H groups in total. The lowest BCUT2D eigenvalue weighted by molar-refractivity contribution is 0.0906. The molecule has 0 aromatic carbocycles. The minimum Gasteiger partial charge on any atom is -0.455 e. The van der Waals surface area contributed by atoms with Gasteiger partial charge in [0.15, 0.2) is 5.76 Å². The second kappa shape index (κ2) is 5.54. The van der Waals surface area contributed by atoms with Crippen LogP contribution in [0.4, 0.5) is 0 Å². The van der Waals surface area contributed by atoms with Crippen molar-refractivity contribution >= 4 is 25.6 Å². The molecule has 1 heterocycles. The van der Waals surface area contributed by atoms with Crippen LogP contribution in [0.25, 0.3) is 0 Å². The van der Waals surface area contributed by atoms with Gasteiger partial charge in [-0.1, -0.05) is 20.8 Å². The first-order chi connectivity index (χ1) is 8.57. The summed E-state index contributed by atoms with van der Waals surface area (Å²) in [6.07, 6.45) is 0.909. The molecule has 7 heteroatoms. The molecule has 0 saturated carbocycles. The van der Waals surface area contributed by atoms with Gasteiger partial charge >= 0.3 is 0 Å². The van der Waals surface area contributed by atoms with Gasteiger partial charge in [-0.25, -0.2) is 8.42 Å². The van der Waals surface area contributed by atoms with Gasteiger partial charge < -0.3 is 9.73 Å². The fraction of sp³-hybridized carbons (Fsp3) is 0.583. The number of carbonyl (C=O) groups is 1. The monoisotopic (exact) mass is 307 g/mol. The van der Waals surface area contributed by atoms with E-state index in [0.717, 1.165) is 12.5 Å². The van der Waals surface area contributed by atoms with Gasteiger partial charge in [-0.15, -0.1) is 0 Å². The van der Waals surface area contributed by atoms with Crippen LogP contribution in [-0.4, -0.2) is 20.9 Å². The number of nitrogens with one attached hydrogen (secondary N) is 1. The second-order valence-corrected chi connectivity index (χ2v) is 7.70. The smallest absolute Gasteiger partial charge is 0.287 e. The van der Waals surface area contributed by atoms with Gasteiger partial charge in [0.05, 0.1) is 0 Å². The van der Waals surface area contributed by atoms with Crippen LogP contribution in [0.3, 0.4) is 0 Å². The van der Waals surface area contributed by atoms with Crippen LogP contribution >= 0.6 is 10.7 Å². The van der Waals surface area contributed by atoms with Crippen molar-refractivity contribution < 1.29 is 17.6 Å². The number of amides is 1. The molecule has 1 aromatic rings. The third-order valence-electron chi connectivity index (χ3n) is 3.04. The quantitative estimate of drug-likeness (QED) is 0.848. The van der Waals surface area contributed by atoms with E-state index in [1.165, 1.54) is 6.92 Å². The van der Waals surface area contributed by atoms with Gasteiger partial charge in [0.2, 0.25) is 0 Å². The van der Waals surface area contributed by atoms with Crippen LogP contribution < -0.4 is 5.32 Å². The minimum atomic E-state index is -3.90. The Hall–Kier alpha value is -1.01. The molecule has 108 valence electrons. The van der Waals surface area contributed by atoms with E-state index in [4.69, 9.17) is 15.1 Å². The van der Waals surface area contributed by atoms with E-state index in [-0.39, 0.29) is 21.8 Å². The maximum atomic E-state index is 11.9. The van der Waals surface area contributed by atoms with Gasteiger partial charge in [0, 0.05) is 23.3 Å². The van der Waals surface area contributed by atoms with Crippen LogP contribution in [-0.2, 0) is 9.05 Å². The van der Waals surface area contributed by atoms with Crippen LogP contribution in [0.5, 0.6) is 0 Å². The summed E-state index contributed by atoms with van der Waals surface area (Å²) >= 11 is 0. The topological polar surface area (TPSA) is 76.4 Å². The Balaban J connectivity index is 2.85. The first-order valence-corrected chi connectivity index (χ1v) is 8.21. The zero-order chi connectivity index (χ0) is 14.8. The summed E-state index contributed by atoms with van der Waals surface area (Å²) in [5, 5.41) is 2.71. The highest BCUT2D eigenvalue weighted by Crippen LogP contribution is 2.24. The average Bonchev–Trinajstić information content (AvgIpc) is 2.68. The summed E-state index contributed by atoms with van der Waals surface area (Å²) in [4.78, 5) is 11.7. The van der Waals surface area contributed by atoms with Crippen molar-refractivity contribution in [3.8, 4) is 0 Å². The van der Waals surface area contributed by atoms with Gasteiger partial charge in [-0.05, 0) is 18.8 Å². The van der Waals surface area contributed by atoms with Crippen molar-refractivity contribution in [1.82, 2.24) is 5.32 Å². The number of hydrogen-bond acceptors (Lipinski definition) is 4. The highest BCUT2D eigenvalue weighted by molar-refractivity contribution is 8.13. The largest absolute Gasteiger partial charge is 0.455 e. The van der Waals surface area contributed by atoms with E-state index in [2.05, 4.69) is 5.32 Å². The Morgan fingerprint density at radius 3 is 2.47 bits per heavy atom. The molecular weight excluding hydrogens is 290 g/mol. The Morgan fingerprint density at radius 1 is 1.47 bits per heavy atom. The first kappa shape index (κ1) is 16.0. The summed E-state index contributed by atoms with van der Waals surface area (Å²) in [6.45, 7) is 8.00. The standard InChI is InChI=1S/C12H18ClNO4S/c1-5-12(3,4)7-14-11(15)9-6-10(8(2)18-9)19(13,16)17/h6H,5,7H2,1-4H3,(H,14,15). The number of rotatable bonds is 5. The molecule has 1 aromatic heterocycles. The van der Waals surface area contributed by atoms with Gasteiger partial charge in [0.1, 0.15) is 10.7 Å². The maximum Gasteiger partial charge on any atom is 0.287 e. The highest BCUT2D eigenvalue weighted by Gasteiger charge is 2.23. The molecule has 0 aliphatic carbocycles. The zero-order valence-electron chi connectivity index (χ0n) is 11.4. The molecule has 0 radical (unpaired) electrons. The fourth-order valence-corrected chi connectivity index (χ4v) is 2.44. The third kappa shape index (κ3) is 4.24. The molecule has 1 amide bonds. The molecular formula is C12H18ClNO4S. The molecule has 0 bridgehead atoms. The van der Waals surface area contributed by atoms with Gasteiger partial charge in [-0.2, -0.15) is 0 Å². The van der Waals surface area contributed by atoms with E-state index < -0.39 is 15.0 Å². The molecule has 0 fully saturated rings. The summed E-state index contributed by atoms with van der Waals surface area (Å²) < 4.78 is 27.6. The summed E-state index contributed by atoms with van der Waals surface area (Å²) in [7, 11) is 1.34. The van der Waals surface area contributed by atoms with Crippen LogP contribution in [0, 0.1) is 12.3 Å². The van der Waals surface area contributed by atoms with Crippen LogP contribution in [0.15, 0.2) is 15.4 Å². The second-order valence-electron chi connectivity index (χ2n) is 5.17. The lowest BCUT2D eigenvalue weighted by atomic mass is 9.90. The lowest BCUT2D eigenvalue weighted by Crippen LogP contribution is -2.33. The molecule has 19 heavy (non-hydrogen) atoms. The molecule has 0 aliphatic heterocycles. The van der Waals surface area contributed by atoms with Crippen molar-refractivity contribution in [2.24, 2.45) is 5.41 Å². The number of hydrogen-bond donors (Lipinski definition) is 1. The number of furan rings is 1. The van der Waals surface area contributed by atoms with Crippen molar-refractivity contribution in [1.29, 1.82) is 0 Å². The average molecular weight is 308 g/mol. The van der Waals surface area contributed by atoms with E-state index >= 15 is 0 Å². The van der Waals surface area contributed by atoms with Crippen LogP contribution in [0.1, 0.15) is 43.5 Å². The van der Waals surface area contributed by atoms with E-state index in [0.29, 0.717) is 6.54 Å². The predicted octanol–water partition coefficient (Wildman–Crippen LogP) is 2.68. The first-order valence-electron chi connectivity index (χ1n) is 5.90. The Morgan fingerprint density at radius 2 is 2.05 bits per heavy atom. The Bertz CT molecular complexity index is 575. The van der Waals surface area contributed by atoms with E-state index in [9.17, 15) is 13.2 Å². The molecule has 0 spiro atoms. The van der Waals surface area contributed by atoms with Crippen molar-refractivity contribution in [2.75, 3.05) is 6.54 Å².